The fourth-order valence-electron chi connectivity index (χ4n) is 7.55. The third-order valence-electron chi connectivity index (χ3n) is 10.7. The molecule has 5 aromatic carbocycles. The number of nitrogens with zero attached hydrogens (tertiary/aromatic N) is 2. The van der Waals surface area contributed by atoms with Crippen molar-refractivity contribution in [1.82, 2.24) is 4.98 Å². The summed E-state index contributed by atoms with van der Waals surface area (Å²) in [6, 6.07) is 0.890. The van der Waals surface area contributed by atoms with Crippen LogP contribution < -0.4 is 26.4 Å². The van der Waals surface area contributed by atoms with Crippen LogP contribution in [-0.2, 0) is 56.0 Å². The van der Waals surface area contributed by atoms with Crippen molar-refractivity contribution < 1.29 is 120 Å². The molecule has 6 aromatic rings. The molecule has 29 heteroatoms. The smallest absolute Gasteiger partial charge is 0.416 e. The first-order valence-corrected chi connectivity index (χ1v) is 19.5. The van der Waals surface area contributed by atoms with Crippen LogP contribution in [0.15, 0.2) is 122 Å². The molecule has 0 radical (unpaired) electrons. The summed E-state index contributed by atoms with van der Waals surface area (Å²) >= 11 is 0. The average molecular weight is 1080 g/mol. The van der Waals surface area contributed by atoms with Crippen molar-refractivity contribution in [3.05, 3.63) is 177 Å². The van der Waals surface area contributed by atoms with E-state index in [0.29, 0.717) is 6.54 Å². The summed E-state index contributed by atoms with van der Waals surface area (Å²) in [5.41, 5.74) is -29.0. The van der Waals surface area contributed by atoms with E-state index >= 15 is 0 Å². The van der Waals surface area contributed by atoms with Gasteiger partial charge in [-0.1, -0.05) is 78.9 Å². The lowest BCUT2D eigenvalue weighted by Crippen LogP contribution is -2.75. The molecule has 392 valence electrons. The van der Waals surface area contributed by atoms with Gasteiger partial charge in [-0.05, 0) is 24.3 Å². The molecule has 0 saturated heterocycles. The highest BCUT2D eigenvalue weighted by Gasteiger charge is 2.47. The van der Waals surface area contributed by atoms with E-state index in [4.69, 9.17) is 5.11 Å². The highest BCUT2D eigenvalue weighted by molar-refractivity contribution is 7.20. The highest BCUT2D eigenvalue weighted by Crippen LogP contribution is 2.41. The lowest BCUT2D eigenvalue weighted by atomic mass is 9.12. The average Bonchev–Trinajstić information content (AvgIpc) is 3.24. The Hall–Kier alpha value is -6.97. The topological polar surface area (TPSA) is 54.1 Å². The Morgan fingerprint density at radius 3 is 0.877 bits per heavy atom. The molecule has 1 heterocycles. The van der Waals surface area contributed by atoms with Crippen LogP contribution in [-0.4, -0.2) is 22.2 Å². The minimum absolute atomic E-state index is 0.186. The predicted octanol–water partition coefficient (Wildman–Crippen LogP) is 12.3. The molecule has 4 nitrogen and oxygen atoms in total. The van der Waals surface area contributed by atoms with E-state index in [-0.39, 0.29) is 5.69 Å². The van der Waals surface area contributed by atoms with Crippen molar-refractivity contribution in [2.45, 2.75) is 56.0 Å². The number of benzene rings is 5. The molecule has 0 unspecified atom stereocenters. The number of aromatic carboxylic acids is 1. The second kappa shape index (κ2) is 19.5. The molecular weight excluding hydrogens is 1060 g/mol. The van der Waals surface area contributed by atoms with Crippen LogP contribution >= 0.6 is 0 Å². The maximum absolute atomic E-state index is 14.2. The van der Waals surface area contributed by atoms with Gasteiger partial charge in [0.1, 0.15) is 12.3 Å². The van der Waals surface area contributed by atoms with Crippen LogP contribution in [0.3, 0.4) is 0 Å². The maximum atomic E-state index is 14.2. The summed E-state index contributed by atoms with van der Waals surface area (Å²) in [6.07, 6.45) is -50.2. The van der Waals surface area contributed by atoms with E-state index in [2.05, 4.69) is 4.98 Å². The number of carboxylic acid groups (broad SMARTS) is 1. The van der Waals surface area contributed by atoms with Gasteiger partial charge >= 0.3 is 61.1 Å². The molecule has 6 rings (SSSR count). The standard InChI is InChI=1S/C32H12BF24.C12H10N2O2/c34-25(35,36)13-1-14(26(37,38)39)6-21(5-13)33(22-7-15(27(40,41)42)2-16(8-22)28(43,44)45,23-9-17(29(46,47)48)3-18(10-23)30(49,50)51)24-11-19(31(52,53)54)4-20(12-24)32(55,56)57;15-12(16)11-8-13-6-7-14(11)9-10-4-2-1-3-5-10/h1-12H;1-8H,9H2/q-1;/p+1. The highest BCUT2D eigenvalue weighted by atomic mass is 19.4. The van der Waals surface area contributed by atoms with Crippen molar-refractivity contribution in [2.75, 3.05) is 0 Å². The van der Waals surface area contributed by atoms with Crippen LogP contribution in [0.25, 0.3) is 0 Å². The SMILES string of the molecule is FC(F)(F)c1cc([B-](c2cc(C(F)(F)F)cc(C(F)(F)F)c2)(c2cc(C(F)(F)F)cc(C(F)(F)F)c2)c2cc(C(F)(F)F)cc(C(F)(F)F)c2)cc(C(F)(F)F)c1.O=C(O)c1cncc[n+]1Cc1ccccc1. The van der Waals surface area contributed by atoms with Crippen molar-refractivity contribution >= 4 is 34.0 Å². The Morgan fingerprint density at radius 1 is 0.411 bits per heavy atom. The monoisotopic (exact) mass is 1080 g/mol. The summed E-state index contributed by atoms with van der Waals surface area (Å²) in [5, 5.41) is 8.98. The van der Waals surface area contributed by atoms with Gasteiger partial charge < -0.3 is 5.11 Å². The number of rotatable bonds is 7. The van der Waals surface area contributed by atoms with E-state index in [1.54, 1.807) is 17.0 Å². The van der Waals surface area contributed by atoms with E-state index in [1.807, 2.05) is 30.3 Å². The molecule has 0 atom stereocenters. The zero-order valence-electron chi connectivity index (χ0n) is 35.2. The minimum Gasteiger partial charge on any atom is -0.473 e. The van der Waals surface area contributed by atoms with Gasteiger partial charge in [0.25, 0.3) is 0 Å². The maximum Gasteiger partial charge on any atom is 0.416 e. The lowest BCUT2D eigenvalue weighted by molar-refractivity contribution is -0.691. The number of hydrogen-bond donors (Lipinski definition) is 1. The Balaban J connectivity index is 0.000000520. The first-order valence-electron chi connectivity index (χ1n) is 19.5. The first-order chi connectivity index (χ1) is 33.0. The van der Waals surface area contributed by atoms with Gasteiger partial charge in [-0.25, -0.2) is 4.79 Å². The van der Waals surface area contributed by atoms with Crippen LogP contribution in [0.1, 0.15) is 60.6 Å². The second-order valence-electron chi connectivity index (χ2n) is 15.6. The molecule has 0 amide bonds. The summed E-state index contributed by atoms with van der Waals surface area (Å²) in [7, 11) is 0. The fraction of sp³-hybridized carbons (Fsp3) is 0.205. The zero-order chi connectivity index (χ0) is 55.3. The molecule has 0 spiro atoms. The molecule has 0 bridgehead atoms. The van der Waals surface area contributed by atoms with Crippen molar-refractivity contribution in [1.29, 1.82) is 0 Å². The second-order valence-corrected chi connectivity index (χ2v) is 15.6. The Morgan fingerprint density at radius 2 is 0.658 bits per heavy atom. The minimum atomic E-state index is -6.13. The third kappa shape index (κ3) is 13.2. The van der Waals surface area contributed by atoms with Crippen LogP contribution in [0.5, 0.6) is 0 Å². The first kappa shape index (κ1) is 56.9. The Labute approximate surface area is 392 Å². The summed E-state index contributed by atoms with van der Waals surface area (Å²) in [5.74, 6) is -0.968. The molecule has 0 saturated carbocycles. The van der Waals surface area contributed by atoms with Crippen molar-refractivity contribution in [3.63, 3.8) is 0 Å². The molecule has 0 fully saturated rings. The van der Waals surface area contributed by atoms with Crippen molar-refractivity contribution in [2.24, 2.45) is 0 Å². The quantitative estimate of drug-likeness (QED) is 0.0985. The summed E-state index contributed by atoms with van der Waals surface area (Å²) in [6.45, 7) is 0.533. The van der Waals surface area contributed by atoms with E-state index in [0.717, 1.165) is 5.56 Å². The molecule has 0 aliphatic heterocycles. The summed E-state index contributed by atoms with van der Waals surface area (Å²) in [4.78, 5) is 14.8. The van der Waals surface area contributed by atoms with Crippen LogP contribution in [0, 0.1) is 0 Å². The molecule has 1 aromatic heterocycles. The summed E-state index contributed by atoms with van der Waals surface area (Å²) < 4.78 is 342. The van der Waals surface area contributed by atoms with Gasteiger partial charge in [-0.2, -0.15) is 132 Å². The van der Waals surface area contributed by atoms with Gasteiger partial charge in [-0.15, -0.1) is 0 Å². The predicted molar refractivity (Wildman–Crippen MR) is 207 cm³/mol. The van der Waals surface area contributed by atoms with E-state index < -0.39 is 201 Å². The fourth-order valence-corrected chi connectivity index (χ4v) is 7.55. The third-order valence-corrected chi connectivity index (χ3v) is 10.7. The number of carboxylic acids is 1. The largest absolute Gasteiger partial charge is 0.473 e. The normalized spacial score (nSPS) is 13.4. The van der Waals surface area contributed by atoms with E-state index in [9.17, 15) is 110 Å². The molecule has 0 aliphatic carbocycles. The number of carbonyl (C=O) groups is 1. The lowest BCUT2D eigenvalue weighted by Gasteiger charge is -2.46. The number of alkyl halides is 24. The van der Waals surface area contributed by atoms with Crippen LogP contribution in [0.2, 0.25) is 0 Å². The van der Waals surface area contributed by atoms with E-state index in [1.165, 1.54) is 6.20 Å². The number of halogens is 24. The Bertz CT molecular complexity index is 2530. The van der Waals surface area contributed by atoms with Gasteiger partial charge in [0.15, 0.2) is 12.7 Å². The zero-order valence-corrected chi connectivity index (χ0v) is 35.2. The molecular formula is C44H23BF24N2O2. The molecule has 1 N–H and O–H groups in total. The van der Waals surface area contributed by atoms with Gasteiger partial charge in [-0.3, -0.25) is 4.98 Å². The number of aromatic nitrogens is 2. The van der Waals surface area contributed by atoms with Crippen molar-refractivity contribution in [3.8, 4) is 0 Å². The van der Waals surface area contributed by atoms with Gasteiger partial charge in [0.2, 0.25) is 0 Å². The van der Waals surface area contributed by atoms with Gasteiger partial charge in [0.05, 0.1) is 50.7 Å². The number of hydrogen-bond acceptors (Lipinski definition) is 2. The molecule has 0 aliphatic rings. The molecule has 73 heavy (non-hydrogen) atoms. The van der Waals surface area contributed by atoms with Crippen LogP contribution in [0.4, 0.5) is 105 Å². The van der Waals surface area contributed by atoms with Gasteiger partial charge in [0, 0.05) is 5.56 Å². The Kier molecular flexibility index (Phi) is 15.2.